The Balaban J connectivity index is 2.22. The third-order valence-corrected chi connectivity index (χ3v) is 5.56. The van der Waals surface area contributed by atoms with Crippen LogP contribution in [0.25, 0.3) is 0 Å². The van der Waals surface area contributed by atoms with Crippen LogP contribution in [0.1, 0.15) is 47.8 Å². The van der Waals surface area contributed by atoms with Crippen LogP contribution in [0.5, 0.6) is 0 Å². The van der Waals surface area contributed by atoms with Crippen molar-refractivity contribution < 1.29 is 13.2 Å². The van der Waals surface area contributed by atoms with Crippen LogP contribution >= 0.6 is 0 Å². The molecule has 0 saturated heterocycles. The fourth-order valence-electron chi connectivity index (χ4n) is 2.81. The summed E-state index contributed by atoms with van der Waals surface area (Å²) in [7, 11) is -3.62. The quantitative estimate of drug-likeness (QED) is 0.851. The average molecular weight is 375 g/mol. The first-order chi connectivity index (χ1) is 11.9. The normalized spacial score (nSPS) is 12.1. The van der Waals surface area contributed by atoms with Crippen molar-refractivity contribution in [2.45, 2.75) is 52.0 Å². The second-order valence-corrected chi connectivity index (χ2v) is 9.29. The molecule has 0 bridgehead atoms. The maximum atomic E-state index is 12.5. The fourth-order valence-corrected chi connectivity index (χ4v) is 4.23. The van der Waals surface area contributed by atoms with Crippen LogP contribution in [0.4, 0.5) is 5.69 Å². The Kier molecular flexibility index (Phi) is 5.58. The molecule has 5 nitrogen and oxygen atoms in total. The molecule has 0 spiro atoms. The van der Waals surface area contributed by atoms with Crippen molar-refractivity contribution >= 4 is 21.6 Å². The van der Waals surface area contributed by atoms with E-state index in [0.29, 0.717) is 5.56 Å². The summed E-state index contributed by atoms with van der Waals surface area (Å²) in [6, 6.07) is 9.94. The molecule has 140 valence electrons. The summed E-state index contributed by atoms with van der Waals surface area (Å²) in [5.41, 5.74) is 3.73. The number of nitrogens with one attached hydrogen (secondary N) is 2. The van der Waals surface area contributed by atoms with Crippen molar-refractivity contribution in [1.82, 2.24) is 4.72 Å². The molecule has 0 aromatic heterocycles. The molecule has 0 atom stereocenters. The Bertz CT molecular complexity index is 902. The van der Waals surface area contributed by atoms with Crippen LogP contribution < -0.4 is 10.0 Å². The van der Waals surface area contributed by atoms with Gasteiger partial charge in [0.15, 0.2) is 0 Å². The Morgan fingerprint density at radius 2 is 1.42 bits per heavy atom. The third kappa shape index (κ3) is 4.93. The second kappa shape index (κ2) is 7.21. The maximum absolute atomic E-state index is 12.5. The van der Waals surface area contributed by atoms with Crippen molar-refractivity contribution in [2.24, 2.45) is 0 Å². The summed E-state index contributed by atoms with van der Waals surface area (Å²) in [5, 5.41) is 2.91. The van der Waals surface area contributed by atoms with Gasteiger partial charge < -0.3 is 5.32 Å². The van der Waals surface area contributed by atoms with Crippen LogP contribution in [0.15, 0.2) is 41.3 Å². The zero-order valence-corrected chi connectivity index (χ0v) is 16.9. The molecule has 26 heavy (non-hydrogen) atoms. The van der Waals surface area contributed by atoms with Gasteiger partial charge in [0.25, 0.3) is 5.91 Å². The van der Waals surface area contributed by atoms with Crippen molar-refractivity contribution in [3.8, 4) is 0 Å². The summed E-state index contributed by atoms with van der Waals surface area (Å²) < 4.78 is 27.3. The first-order valence-corrected chi connectivity index (χ1v) is 9.90. The van der Waals surface area contributed by atoms with Gasteiger partial charge in [-0.25, -0.2) is 13.1 Å². The summed E-state index contributed by atoms with van der Waals surface area (Å²) >= 11 is 0. The lowest BCUT2D eigenvalue weighted by Crippen LogP contribution is -2.40. The van der Waals surface area contributed by atoms with Gasteiger partial charge in [0.05, 0.1) is 4.90 Å². The first-order valence-electron chi connectivity index (χ1n) is 8.42. The number of carbonyl (C=O) groups excluding carboxylic acids is 1. The third-order valence-electron chi connectivity index (χ3n) is 3.78. The molecular weight excluding hydrogens is 348 g/mol. The monoisotopic (exact) mass is 374 g/mol. The highest BCUT2D eigenvalue weighted by molar-refractivity contribution is 7.89. The predicted molar refractivity (Wildman–Crippen MR) is 105 cm³/mol. The van der Waals surface area contributed by atoms with Gasteiger partial charge in [-0.05, 0) is 76.9 Å². The second-order valence-electron chi connectivity index (χ2n) is 7.61. The number of carbonyl (C=O) groups is 1. The Hall–Kier alpha value is -2.18. The van der Waals surface area contributed by atoms with Gasteiger partial charge in [0, 0.05) is 16.8 Å². The number of benzene rings is 2. The van der Waals surface area contributed by atoms with Crippen LogP contribution in [0, 0.1) is 20.8 Å². The summed E-state index contributed by atoms with van der Waals surface area (Å²) in [6.07, 6.45) is 0. The highest BCUT2D eigenvalue weighted by Gasteiger charge is 2.22. The number of anilines is 1. The lowest BCUT2D eigenvalue weighted by atomic mass is 10.0. The fraction of sp³-hybridized carbons (Fsp3) is 0.350. The summed E-state index contributed by atoms with van der Waals surface area (Å²) in [5.74, 6) is -0.271. The number of hydrogen-bond acceptors (Lipinski definition) is 3. The highest BCUT2D eigenvalue weighted by atomic mass is 32.2. The van der Waals surface area contributed by atoms with Crippen molar-refractivity contribution in [3.05, 3.63) is 58.7 Å². The van der Waals surface area contributed by atoms with E-state index in [9.17, 15) is 13.2 Å². The minimum absolute atomic E-state index is 0.131. The van der Waals surface area contributed by atoms with E-state index in [2.05, 4.69) is 10.0 Å². The van der Waals surface area contributed by atoms with E-state index in [1.807, 2.05) is 32.9 Å². The topological polar surface area (TPSA) is 75.3 Å². The number of aryl methyl sites for hydroxylation is 3. The lowest BCUT2D eigenvalue weighted by Gasteiger charge is -2.20. The molecule has 2 aromatic carbocycles. The summed E-state index contributed by atoms with van der Waals surface area (Å²) in [4.78, 5) is 12.6. The molecule has 2 N–H and O–H groups in total. The molecule has 2 rings (SSSR count). The minimum Gasteiger partial charge on any atom is -0.322 e. The molecule has 0 aliphatic carbocycles. The summed E-state index contributed by atoms with van der Waals surface area (Å²) in [6.45, 7) is 11.2. The van der Waals surface area contributed by atoms with E-state index in [0.717, 1.165) is 22.4 Å². The Morgan fingerprint density at radius 1 is 0.923 bits per heavy atom. The van der Waals surface area contributed by atoms with E-state index in [-0.39, 0.29) is 10.8 Å². The minimum atomic E-state index is -3.62. The van der Waals surface area contributed by atoms with Crippen molar-refractivity contribution in [2.75, 3.05) is 5.32 Å². The molecule has 0 heterocycles. The lowest BCUT2D eigenvalue weighted by molar-refractivity contribution is 0.102. The van der Waals surface area contributed by atoms with Crippen LogP contribution in [0.3, 0.4) is 0 Å². The van der Waals surface area contributed by atoms with Gasteiger partial charge in [-0.2, -0.15) is 0 Å². The van der Waals surface area contributed by atoms with Crippen molar-refractivity contribution in [3.63, 3.8) is 0 Å². The molecule has 0 fully saturated rings. The van der Waals surface area contributed by atoms with Gasteiger partial charge >= 0.3 is 0 Å². The van der Waals surface area contributed by atoms with E-state index < -0.39 is 15.6 Å². The van der Waals surface area contributed by atoms with E-state index in [4.69, 9.17) is 0 Å². The van der Waals surface area contributed by atoms with Crippen molar-refractivity contribution in [1.29, 1.82) is 0 Å². The number of rotatable bonds is 4. The zero-order chi connectivity index (χ0) is 19.7. The van der Waals surface area contributed by atoms with Gasteiger partial charge in [-0.3, -0.25) is 4.79 Å². The number of sulfonamides is 1. The van der Waals surface area contributed by atoms with Gasteiger partial charge in [-0.1, -0.05) is 17.7 Å². The number of hydrogen-bond donors (Lipinski definition) is 2. The zero-order valence-electron chi connectivity index (χ0n) is 16.1. The molecular formula is C20H26N2O3S. The SMILES string of the molecule is Cc1cc(C)c(NC(=O)c2ccc(S(=O)(=O)NC(C)(C)C)cc2)c(C)c1. The standard InChI is InChI=1S/C20H26N2O3S/c1-13-11-14(2)18(15(3)12-13)21-19(23)16-7-9-17(10-8-16)26(24,25)22-20(4,5)6/h7-12,22H,1-6H3,(H,21,23). The van der Waals surface area contributed by atoms with Gasteiger partial charge in [0.2, 0.25) is 10.0 Å². The Labute approximate surface area is 155 Å². The average Bonchev–Trinajstić information content (AvgIpc) is 2.48. The molecule has 1 amide bonds. The smallest absolute Gasteiger partial charge is 0.255 e. The molecule has 0 aliphatic rings. The highest BCUT2D eigenvalue weighted by Crippen LogP contribution is 2.23. The molecule has 6 heteroatoms. The maximum Gasteiger partial charge on any atom is 0.255 e. The largest absolute Gasteiger partial charge is 0.322 e. The molecule has 2 aromatic rings. The Morgan fingerprint density at radius 3 is 1.88 bits per heavy atom. The predicted octanol–water partition coefficient (Wildman–Crippen LogP) is 3.94. The molecule has 0 radical (unpaired) electrons. The van der Waals surface area contributed by atoms with E-state index in [1.54, 1.807) is 20.8 Å². The van der Waals surface area contributed by atoms with Gasteiger partial charge in [-0.15, -0.1) is 0 Å². The van der Waals surface area contributed by atoms with Crippen LogP contribution in [0.2, 0.25) is 0 Å². The first kappa shape index (κ1) is 20.1. The molecule has 0 unspecified atom stereocenters. The number of amides is 1. The van der Waals surface area contributed by atoms with Crippen LogP contribution in [-0.2, 0) is 10.0 Å². The van der Waals surface area contributed by atoms with E-state index >= 15 is 0 Å². The molecule has 0 saturated carbocycles. The molecule has 0 aliphatic heterocycles. The van der Waals surface area contributed by atoms with Crippen LogP contribution in [-0.4, -0.2) is 19.9 Å². The van der Waals surface area contributed by atoms with Gasteiger partial charge in [0.1, 0.15) is 0 Å². The van der Waals surface area contributed by atoms with E-state index in [1.165, 1.54) is 24.3 Å².